The fraction of sp³-hybridized carbons (Fsp3) is 0.700. The zero-order valence-corrected chi connectivity index (χ0v) is 21.9. The number of benzene rings is 1. The van der Waals surface area contributed by atoms with E-state index >= 15 is 0 Å². The highest BCUT2D eigenvalue weighted by Crippen LogP contribution is 3.01. The molecule has 4 atom stereocenters. The van der Waals surface area contributed by atoms with E-state index in [1.807, 2.05) is 0 Å². The molecule has 0 N–H and O–H groups in total. The molecular weight excluding hydrogens is 560 g/mol. The molecule has 2 saturated carbocycles. The molecule has 0 heterocycles. The Kier molecular flexibility index (Phi) is 3.28. The summed E-state index contributed by atoms with van der Waals surface area (Å²) in [6, 6.07) is 0. The molecule has 1 aromatic carbocycles. The monoisotopic (exact) mass is 580 g/mol. The standard InChI is InChI=1S/C20H24Br4/c1-9-10(2)12(4)14-13(11(9)3)15(5)17(7,19(15,21)22)18(8)16(14,6)20(18,23)24/h1-8H3/t15-,16-,17-,18-/m1/s1. The third kappa shape index (κ3) is 1.23. The van der Waals surface area contributed by atoms with Crippen LogP contribution in [0, 0.1) is 38.5 Å². The Balaban J connectivity index is 2.25. The van der Waals surface area contributed by atoms with Crippen LogP contribution in [0.3, 0.4) is 0 Å². The molecular formula is C20H24Br4. The van der Waals surface area contributed by atoms with Gasteiger partial charge >= 0.3 is 0 Å². The molecule has 1 aromatic rings. The summed E-state index contributed by atoms with van der Waals surface area (Å²) in [5, 5.41) is 0. The summed E-state index contributed by atoms with van der Waals surface area (Å²) >= 11 is 16.5. The highest BCUT2D eigenvalue weighted by molar-refractivity contribution is 9.26. The molecule has 4 heteroatoms. The Morgan fingerprint density at radius 1 is 0.500 bits per heavy atom. The van der Waals surface area contributed by atoms with Gasteiger partial charge in [0.05, 0.1) is 6.47 Å². The van der Waals surface area contributed by atoms with Gasteiger partial charge in [-0.2, -0.15) is 0 Å². The molecule has 0 aliphatic heterocycles. The van der Waals surface area contributed by atoms with Crippen LogP contribution in [0.5, 0.6) is 0 Å². The van der Waals surface area contributed by atoms with Crippen LogP contribution in [0.1, 0.15) is 61.1 Å². The molecule has 0 unspecified atom stereocenters. The molecule has 3 aliphatic carbocycles. The van der Waals surface area contributed by atoms with Gasteiger partial charge in [0.15, 0.2) is 0 Å². The van der Waals surface area contributed by atoms with Crippen LogP contribution in [0.15, 0.2) is 0 Å². The van der Waals surface area contributed by atoms with Crippen molar-refractivity contribution in [1.82, 2.24) is 0 Å². The van der Waals surface area contributed by atoms with Gasteiger partial charge in [0.25, 0.3) is 0 Å². The van der Waals surface area contributed by atoms with Crippen LogP contribution in [0.25, 0.3) is 0 Å². The van der Waals surface area contributed by atoms with Gasteiger partial charge in [0.2, 0.25) is 0 Å². The predicted molar refractivity (Wildman–Crippen MR) is 117 cm³/mol. The molecule has 0 spiro atoms. The first-order chi connectivity index (χ1) is 10.6. The largest absolute Gasteiger partial charge is 0.0974 e. The lowest BCUT2D eigenvalue weighted by molar-refractivity contribution is 0.239. The molecule has 0 amide bonds. The predicted octanol–water partition coefficient (Wildman–Crippen LogP) is 7.46. The number of fused-ring (bicyclic) bond motifs is 6. The topological polar surface area (TPSA) is 0 Å². The van der Waals surface area contributed by atoms with E-state index in [0.29, 0.717) is 0 Å². The molecule has 2 fully saturated rings. The Morgan fingerprint density at radius 2 is 0.750 bits per heavy atom. The first-order valence-electron chi connectivity index (χ1n) is 8.51. The minimum Gasteiger partial charge on any atom is -0.0711 e. The maximum Gasteiger partial charge on any atom is 0.0974 e. The number of halogens is 4. The molecule has 4 rings (SSSR count). The fourth-order valence-corrected chi connectivity index (χ4v) is 11.8. The fourth-order valence-electron chi connectivity index (χ4n) is 6.60. The van der Waals surface area contributed by atoms with Crippen LogP contribution in [-0.2, 0) is 10.8 Å². The van der Waals surface area contributed by atoms with E-state index in [0.717, 1.165) is 0 Å². The van der Waals surface area contributed by atoms with E-state index in [2.05, 4.69) is 119 Å². The van der Waals surface area contributed by atoms with Crippen molar-refractivity contribution in [2.45, 2.75) is 72.7 Å². The Hall–Kier alpha value is 1.14. The highest BCUT2D eigenvalue weighted by Gasteiger charge is 3.02. The summed E-state index contributed by atoms with van der Waals surface area (Å²) in [4.78, 5) is 0. The zero-order chi connectivity index (χ0) is 18.5. The summed E-state index contributed by atoms with van der Waals surface area (Å²) in [5.74, 6) is 0. The first kappa shape index (κ1) is 18.5. The van der Waals surface area contributed by atoms with E-state index in [4.69, 9.17) is 0 Å². The molecule has 3 aliphatic rings. The lowest BCUT2D eigenvalue weighted by atomic mass is 9.63. The molecule has 0 nitrogen and oxygen atoms in total. The molecule has 132 valence electrons. The van der Waals surface area contributed by atoms with Crippen LogP contribution in [0.4, 0.5) is 0 Å². The minimum absolute atomic E-state index is 0.0557. The van der Waals surface area contributed by atoms with Gasteiger partial charge in [0, 0.05) is 21.7 Å². The van der Waals surface area contributed by atoms with Crippen molar-refractivity contribution in [1.29, 1.82) is 0 Å². The first-order valence-corrected chi connectivity index (χ1v) is 11.7. The average Bonchev–Trinajstić information content (AvgIpc) is 3.04. The van der Waals surface area contributed by atoms with Gasteiger partial charge in [-0.1, -0.05) is 91.4 Å². The third-order valence-corrected chi connectivity index (χ3v) is 15.4. The minimum atomic E-state index is -0.0938. The number of hydrogen-bond donors (Lipinski definition) is 0. The van der Waals surface area contributed by atoms with Gasteiger partial charge in [-0.05, 0) is 61.1 Å². The Labute approximate surface area is 179 Å². The zero-order valence-electron chi connectivity index (χ0n) is 15.5. The van der Waals surface area contributed by atoms with Gasteiger partial charge < -0.3 is 0 Å². The van der Waals surface area contributed by atoms with E-state index in [1.165, 1.54) is 22.3 Å². The van der Waals surface area contributed by atoms with Crippen molar-refractivity contribution >= 4 is 63.7 Å². The summed E-state index contributed by atoms with van der Waals surface area (Å²) < 4.78 is -0.188. The average molecular weight is 584 g/mol. The summed E-state index contributed by atoms with van der Waals surface area (Å²) in [6.07, 6.45) is 0. The lowest BCUT2D eigenvalue weighted by Gasteiger charge is -2.39. The third-order valence-electron chi connectivity index (χ3n) is 9.07. The van der Waals surface area contributed by atoms with Crippen molar-refractivity contribution in [3.05, 3.63) is 33.4 Å². The van der Waals surface area contributed by atoms with Crippen LogP contribution < -0.4 is 0 Å². The van der Waals surface area contributed by atoms with E-state index in [-0.39, 0.29) is 28.1 Å². The maximum atomic E-state index is 4.12. The van der Waals surface area contributed by atoms with Crippen molar-refractivity contribution in [3.63, 3.8) is 0 Å². The SMILES string of the molecule is Cc1c(C)c(C)c2c(c1C)[C@@]1(C)C(Br)(Br)[C@@]1(C)[C@]1(C)C(Br)(Br)[C@]21C. The normalized spacial score (nSPS) is 46.0. The number of rotatable bonds is 0. The van der Waals surface area contributed by atoms with Crippen molar-refractivity contribution in [2.24, 2.45) is 10.8 Å². The van der Waals surface area contributed by atoms with Crippen molar-refractivity contribution in [2.75, 3.05) is 0 Å². The molecule has 0 bridgehead atoms. The molecule has 0 saturated heterocycles. The number of alkyl halides is 4. The Morgan fingerprint density at radius 3 is 1.00 bits per heavy atom. The molecule has 24 heavy (non-hydrogen) atoms. The smallest absolute Gasteiger partial charge is 0.0711 e. The summed E-state index contributed by atoms with van der Waals surface area (Å²) in [6.45, 7) is 19.0. The maximum absolute atomic E-state index is 4.12. The number of hydrogen-bond acceptors (Lipinski definition) is 0. The quantitative estimate of drug-likeness (QED) is 0.278. The summed E-state index contributed by atoms with van der Waals surface area (Å²) in [7, 11) is 0. The lowest BCUT2D eigenvalue weighted by Crippen LogP contribution is -2.35. The van der Waals surface area contributed by atoms with E-state index < -0.39 is 0 Å². The van der Waals surface area contributed by atoms with Gasteiger partial charge in [-0.15, -0.1) is 0 Å². The van der Waals surface area contributed by atoms with Gasteiger partial charge in [0.1, 0.15) is 0 Å². The second-order valence-corrected chi connectivity index (χ2v) is 15.8. The van der Waals surface area contributed by atoms with Gasteiger partial charge in [-0.3, -0.25) is 0 Å². The van der Waals surface area contributed by atoms with E-state index in [1.54, 1.807) is 11.1 Å². The Bertz CT molecular complexity index is 770. The highest BCUT2D eigenvalue weighted by atomic mass is 79.9. The summed E-state index contributed by atoms with van der Waals surface area (Å²) in [5.41, 5.74) is 9.24. The van der Waals surface area contributed by atoms with Crippen molar-refractivity contribution in [3.8, 4) is 0 Å². The van der Waals surface area contributed by atoms with Crippen LogP contribution >= 0.6 is 63.7 Å². The second-order valence-electron chi connectivity index (χ2n) is 8.90. The van der Waals surface area contributed by atoms with Crippen LogP contribution in [0.2, 0.25) is 0 Å². The molecule has 0 aromatic heterocycles. The van der Waals surface area contributed by atoms with Crippen LogP contribution in [-0.4, -0.2) is 6.47 Å². The molecule has 0 radical (unpaired) electrons. The van der Waals surface area contributed by atoms with Crippen molar-refractivity contribution < 1.29 is 0 Å². The van der Waals surface area contributed by atoms with E-state index in [9.17, 15) is 0 Å². The van der Waals surface area contributed by atoms with Gasteiger partial charge in [-0.25, -0.2) is 0 Å². The second kappa shape index (κ2) is 4.25.